The summed E-state index contributed by atoms with van der Waals surface area (Å²) >= 11 is 0. The minimum atomic E-state index is -0.258. The van der Waals surface area contributed by atoms with E-state index in [1.54, 1.807) is 0 Å². The van der Waals surface area contributed by atoms with Gasteiger partial charge in [-0.25, -0.2) is 0 Å². The first-order valence-corrected chi connectivity index (χ1v) is 7.62. The maximum Gasteiger partial charge on any atom is 0.309 e. The van der Waals surface area contributed by atoms with E-state index in [-0.39, 0.29) is 23.8 Å². The zero-order valence-corrected chi connectivity index (χ0v) is 12.3. The van der Waals surface area contributed by atoms with E-state index in [1.807, 2.05) is 0 Å². The predicted molar refractivity (Wildman–Crippen MR) is 68.2 cm³/mol. The van der Waals surface area contributed by atoms with E-state index < -0.39 is 0 Å². The normalized spacial score (nSPS) is 65.8. The molecule has 6 aliphatic carbocycles. The predicted octanol–water partition coefficient (Wildman–Crippen LogP) is 1.34. The second kappa shape index (κ2) is 2.79. The van der Waals surface area contributed by atoms with E-state index in [2.05, 4.69) is 13.8 Å². The lowest BCUT2D eigenvalue weighted by molar-refractivity contribution is -0.171. The van der Waals surface area contributed by atoms with Crippen LogP contribution in [0.25, 0.3) is 0 Å². The van der Waals surface area contributed by atoms with Crippen molar-refractivity contribution in [1.82, 2.24) is 0 Å². The van der Waals surface area contributed by atoms with Crippen LogP contribution in [0.2, 0.25) is 0 Å². The van der Waals surface area contributed by atoms with Crippen LogP contribution < -0.4 is 0 Å². The van der Waals surface area contributed by atoms with E-state index in [1.165, 1.54) is 14.2 Å². The average molecular weight is 276 g/mol. The Hall–Kier alpha value is -1.06. The molecule has 4 nitrogen and oxygen atoms in total. The molecule has 6 fully saturated rings. The summed E-state index contributed by atoms with van der Waals surface area (Å²) in [6.07, 6.45) is 0. The Bertz CT molecular complexity index is 497. The van der Waals surface area contributed by atoms with Crippen LogP contribution in [0, 0.1) is 58.2 Å². The van der Waals surface area contributed by atoms with E-state index in [0.717, 1.165) is 0 Å². The fourth-order valence-corrected chi connectivity index (χ4v) is 7.85. The van der Waals surface area contributed by atoms with Crippen molar-refractivity contribution in [2.75, 3.05) is 14.2 Å². The quantitative estimate of drug-likeness (QED) is 0.714. The molecule has 0 amide bonds. The van der Waals surface area contributed by atoms with Gasteiger partial charge < -0.3 is 9.47 Å². The minimum Gasteiger partial charge on any atom is -0.469 e. The standard InChI is InChI=1S/C16H20O4/c1-15-9-7-5(13(17)19-3)6(14(18)20-4)8(10(9)15)12-11(7)16(12,15)2/h5-12H,1-4H3/t5-,6+,7?,8?,9-,10-,11-,12-,15?,16?/m1/s1. The van der Waals surface area contributed by atoms with E-state index >= 15 is 0 Å². The molecule has 0 aromatic carbocycles. The van der Waals surface area contributed by atoms with Gasteiger partial charge in [0.1, 0.15) is 0 Å². The number of hydrogen-bond donors (Lipinski definition) is 0. The van der Waals surface area contributed by atoms with Crippen molar-refractivity contribution in [2.45, 2.75) is 13.8 Å². The van der Waals surface area contributed by atoms with Gasteiger partial charge in [-0.15, -0.1) is 0 Å². The summed E-state index contributed by atoms with van der Waals surface area (Å²) in [5.41, 5.74) is 0.763. The first-order chi connectivity index (χ1) is 9.46. The number of rotatable bonds is 2. The molecule has 0 aliphatic heterocycles. The van der Waals surface area contributed by atoms with Crippen molar-refractivity contribution < 1.29 is 19.1 Å². The van der Waals surface area contributed by atoms with Gasteiger partial charge in [0.05, 0.1) is 26.1 Å². The lowest BCUT2D eigenvalue weighted by Crippen LogP contribution is -2.51. The molecule has 4 heteroatoms. The Morgan fingerprint density at radius 1 is 0.750 bits per heavy atom. The van der Waals surface area contributed by atoms with Crippen LogP contribution in [0.4, 0.5) is 0 Å². The molecule has 0 aromatic heterocycles. The molecule has 0 N–H and O–H groups in total. The number of carbonyl (C=O) groups is 2. The highest BCUT2D eigenvalue weighted by atomic mass is 16.5. The fourth-order valence-electron chi connectivity index (χ4n) is 7.85. The summed E-state index contributed by atoms with van der Waals surface area (Å²) in [7, 11) is 2.87. The molecule has 8 atom stereocenters. The molecule has 2 unspecified atom stereocenters. The van der Waals surface area contributed by atoms with Gasteiger partial charge in [-0.2, -0.15) is 0 Å². The van der Waals surface area contributed by atoms with Gasteiger partial charge in [-0.05, 0) is 46.3 Å². The number of esters is 2. The molecule has 6 rings (SSSR count). The third-order valence-corrected chi connectivity index (χ3v) is 8.31. The van der Waals surface area contributed by atoms with Crippen molar-refractivity contribution in [3.05, 3.63) is 0 Å². The largest absolute Gasteiger partial charge is 0.469 e. The summed E-state index contributed by atoms with van der Waals surface area (Å²) in [6, 6.07) is 0. The number of fused-ring (bicyclic) bond motifs is 1. The molecule has 0 spiro atoms. The number of hydrogen-bond acceptors (Lipinski definition) is 4. The number of ether oxygens (including phenoxy) is 2. The monoisotopic (exact) mass is 276 g/mol. The zero-order valence-electron chi connectivity index (χ0n) is 12.3. The van der Waals surface area contributed by atoms with Gasteiger partial charge in [-0.1, -0.05) is 13.8 Å². The highest BCUT2D eigenvalue weighted by Gasteiger charge is 3.01. The topological polar surface area (TPSA) is 52.6 Å². The maximum atomic E-state index is 12.3. The Kier molecular flexibility index (Phi) is 1.62. The van der Waals surface area contributed by atoms with E-state index in [9.17, 15) is 9.59 Å². The third-order valence-electron chi connectivity index (χ3n) is 8.31. The molecule has 2 bridgehead atoms. The van der Waals surface area contributed by atoms with Crippen molar-refractivity contribution in [1.29, 1.82) is 0 Å². The van der Waals surface area contributed by atoms with Crippen LogP contribution in [-0.4, -0.2) is 26.2 Å². The van der Waals surface area contributed by atoms with E-state index in [0.29, 0.717) is 46.3 Å². The summed E-state index contributed by atoms with van der Waals surface area (Å²) < 4.78 is 10.1. The van der Waals surface area contributed by atoms with Gasteiger partial charge in [0.15, 0.2) is 0 Å². The molecular weight excluding hydrogens is 256 g/mol. The molecule has 0 saturated heterocycles. The van der Waals surface area contributed by atoms with E-state index in [4.69, 9.17) is 9.47 Å². The molecular formula is C16H20O4. The Balaban J connectivity index is 1.65. The van der Waals surface area contributed by atoms with Crippen molar-refractivity contribution in [2.24, 2.45) is 58.2 Å². The molecule has 0 heterocycles. The second-order valence-corrected chi connectivity index (χ2v) is 7.92. The average Bonchev–Trinajstić information content (AvgIpc) is 3.27. The lowest BCUT2D eigenvalue weighted by Gasteiger charge is -2.44. The third kappa shape index (κ3) is 0.746. The Labute approximate surface area is 118 Å². The molecule has 20 heavy (non-hydrogen) atoms. The van der Waals surface area contributed by atoms with Crippen LogP contribution in [0.3, 0.4) is 0 Å². The molecule has 0 aromatic rings. The first kappa shape index (κ1) is 11.6. The highest BCUT2D eigenvalue weighted by molar-refractivity contribution is 5.85. The van der Waals surface area contributed by atoms with Crippen LogP contribution in [0.1, 0.15) is 13.8 Å². The van der Waals surface area contributed by atoms with Gasteiger partial charge in [0.2, 0.25) is 0 Å². The van der Waals surface area contributed by atoms with Gasteiger partial charge in [0.25, 0.3) is 0 Å². The summed E-state index contributed by atoms with van der Waals surface area (Å²) in [6.45, 7) is 4.78. The first-order valence-electron chi connectivity index (χ1n) is 7.62. The molecule has 108 valence electrons. The fraction of sp³-hybridized carbons (Fsp3) is 0.875. The second-order valence-electron chi connectivity index (χ2n) is 7.92. The van der Waals surface area contributed by atoms with Gasteiger partial charge >= 0.3 is 11.9 Å². The van der Waals surface area contributed by atoms with Crippen LogP contribution >= 0.6 is 0 Å². The van der Waals surface area contributed by atoms with Crippen molar-refractivity contribution in [3.8, 4) is 0 Å². The van der Waals surface area contributed by atoms with Crippen LogP contribution in [-0.2, 0) is 19.1 Å². The Morgan fingerprint density at radius 3 is 1.30 bits per heavy atom. The molecule has 6 saturated carbocycles. The molecule has 0 radical (unpaired) electrons. The Morgan fingerprint density at radius 2 is 1.05 bits per heavy atom. The van der Waals surface area contributed by atoms with Gasteiger partial charge in [0, 0.05) is 0 Å². The summed E-state index contributed by atoms with van der Waals surface area (Å²) in [5, 5.41) is 0. The zero-order chi connectivity index (χ0) is 14.2. The van der Waals surface area contributed by atoms with Crippen molar-refractivity contribution in [3.63, 3.8) is 0 Å². The smallest absolute Gasteiger partial charge is 0.309 e. The van der Waals surface area contributed by atoms with Crippen LogP contribution in [0.15, 0.2) is 0 Å². The SMILES string of the molecule is COC(=O)[C@@H]1C2[C@@H]3[C@H]4C([C@@H]5[C@@H]2C5(C)C34C)[C@@H]1C(=O)OC. The number of carbonyl (C=O) groups excluding carboxylic acids is 2. The number of methoxy groups -OCH3 is 2. The maximum absolute atomic E-state index is 12.3. The highest BCUT2D eigenvalue weighted by Crippen LogP contribution is 3.03. The summed E-state index contributed by atoms with van der Waals surface area (Å²) in [5.74, 6) is 2.42. The summed E-state index contributed by atoms with van der Waals surface area (Å²) in [4.78, 5) is 24.6. The van der Waals surface area contributed by atoms with Crippen molar-refractivity contribution >= 4 is 11.9 Å². The minimum absolute atomic E-state index is 0.197. The molecule has 6 aliphatic rings. The van der Waals surface area contributed by atoms with Crippen LogP contribution in [0.5, 0.6) is 0 Å². The van der Waals surface area contributed by atoms with Gasteiger partial charge in [-0.3, -0.25) is 9.59 Å². The lowest BCUT2D eigenvalue weighted by atomic mass is 9.58.